The molecule has 0 atom stereocenters. The Balaban J connectivity index is 1.71. The van der Waals surface area contributed by atoms with Gasteiger partial charge in [0.15, 0.2) is 0 Å². The molecule has 3 rings (SSSR count). The molecule has 6 nitrogen and oxygen atoms in total. The van der Waals surface area contributed by atoms with Crippen LogP contribution in [0.3, 0.4) is 0 Å². The second-order valence-corrected chi connectivity index (χ2v) is 5.56. The van der Waals surface area contributed by atoms with Crippen LogP contribution in [0.15, 0.2) is 60.8 Å². The third-order valence-corrected chi connectivity index (χ3v) is 3.81. The van der Waals surface area contributed by atoms with Crippen molar-refractivity contribution >= 4 is 23.1 Å². The SMILES string of the molecule is COc1ccc(Nc2ccc(NC(=O)c3ccccc3F)nc2)c(OC)c1. The number of rotatable bonds is 6. The second kappa shape index (κ2) is 8.18. The summed E-state index contributed by atoms with van der Waals surface area (Å²) >= 11 is 0. The molecule has 2 N–H and O–H groups in total. The van der Waals surface area contributed by atoms with Crippen molar-refractivity contribution in [1.82, 2.24) is 4.98 Å². The zero-order valence-corrected chi connectivity index (χ0v) is 14.8. The lowest BCUT2D eigenvalue weighted by atomic mass is 10.2. The largest absolute Gasteiger partial charge is 0.497 e. The number of anilines is 3. The zero-order valence-electron chi connectivity index (χ0n) is 14.8. The van der Waals surface area contributed by atoms with Crippen LogP contribution >= 0.6 is 0 Å². The highest BCUT2D eigenvalue weighted by Crippen LogP contribution is 2.31. The summed E-state index contributed by atoms with van der Waals surface area (Å²) in [5.41, 5.74) is 1.40. The number of methoxy groups -OCH3 is 2. The van der Waals surface area contributed by atoms with Crippen molar-refractivity contribution in [2.75, 3.05) is 24.9 Å². The monoisotopic (exact) mass is 367 g/mol. The maximum Gasteiger partial charge on any atom is 0.259 e. The van der Waals surface area contributed by atoms with Gasteiger partial charge in [-0.3, -0.25) is 4.79 Å². The lowest BCUT2D eigenvalue weighted by Crippen LogP contribution is -2.14. The van der Waals surface area contributed by atoms with Gasteiger partial charge in [-0.1, -0.05) is 12.1 Å². The van der Waals surface area contributed by atoms with Gasteiger partial charge >= 0.3 is 0 Å². The number of carbonyl (C=O) groups is 1. The van der Waals surface area contributed by atoms with Crippen molar-refractivity contribution in [3.8, 4) is 11.5 Å². The molecule has 138 valence electrons. The molecule has 0 fully saturated rings. The molecule has 27 heavy (non-hydrogen) atoms. The van der Waals surface area contributed by atoms with Crippen molar-refractivity contribution < 1.29 is 18.7 Å². The Morgan fingerprint density at radius 1 is 1.04 bits per heavy atom. The Labute approximate surface area is 156 Å². The van der Waals surface area contributed by atoms with Crippen LogP contribution in [0.1, 0.15) is 10.4 Å². The van der Waals surface area contributed by atoms with E-state index in [0.29, 0.717) is 23.0 Å². The number of pyridine rings is 1. The number of ether oxygens (including phenoxy) is 2. The number of hydrogen-bond acceptors (Lipinski definition) is 5. The summed E-state index contributed by atoms with van der Waals surface area (Å²) < 4.78 is 24.2. The maximum absolute atomic E-state index is 13.7. The number of carbonyl (C=O) groups excluding carboxylic acids is 1. The van der Waals surface area contributed by atoms with Gasteiger partial charge in [0.2, 0.25) is 0 Å². The molecule has 1 aromatic heterocycles. The van der Waals surface area contributed by atoms with E-state index in [1.165, 1.54) is 18.2 Å². The Morgan fingerprint density at radius 2 is 1.85 bits per heavy atom. The van der Waals surface area contributed by atoms with Crippen molar-refractivity contribution in [2.24, 2.45) is 0 Å². The summed E-state index contributed by atoms with van der Waals surface area (Å²) in [6, 6.07) is 14.5. The predicted octanol–water partition coefficient (Wildman–Crippen LogP) is 4.23. The lowest BCUT2D eigenvalue weighted by molar-refractivity contribution is 0.102. The highest BCUT2D eigenvalue weighted by Gasteiger charge is 2.11. The smallest absolute Gasteiger partial charge is 0.259 e. The van der Waals surface area contributed by atoms with E-state index in [1.54, 1.807) is 50.7 Å². The molecule has 3 aromatic rings. The van der Waals surface area contributed by atoms with Gasteiger partial charge in [0, 0.05) is 6.07 Å². The molecule has 1 heterocycles. The summed E-state index contributed by atoms with van der Waals surface area (Å²) in [7, 11) is 3.15. The van der Waals surface area contributed by atoms with E-state index >= 15 is 0 Å². The molecule has 1 amide bonds. The van der Waals surface area contributed by atoms with Gasteiger partial charge in [-0.2, -0.15) is 0 Å². The lowest BCUT2D eigenvalue weighted by Gasteiger charge is -2.12. The van der Waals surface area contributed by atoms with Gasteiger partial charge < -0.3 is 20.1 Å². The van der Waals surface area contributed by atoms with Crippen molar-refractivity contribution in [2.45, 2.75) is 0 Å². The molecule has 0 aliphatic heterocycles. The van der Waals surface area contributed by atoms with Gasteiger partial charge in [-0.25, -0.2) is 9.37 Å². The third kappa shape index (κ3) is 4.33. The van der Waals surface area contributed by atoms with E-state index in [2.05, 4.69) is 15.6 Å². The van der Waals surface area contributed by atoms with E-state index in [1.807, 2.05) is 6.07 Å². The summed E-state index contributed by atoms with van der Waals surface area (Å²) in [4.78, 5) is 16.3. The van der Waals surface area contributed by atoms with Gasteiger partial charge in [0.1, 0.15) is 23.1 Å². The molecule has 0 aliphatic carbocycles. The molecule has 2 aromatic carbocycles. The van der Waals surface area contributed by atoms with Crippen LogP contribution in [0.2, 0.25) is 0 Å². The van der Waals surface area contributed by atoms with Crippen molar-refractivity contribution in [1.29, 1.82) is 0 Å². The summed E-state index contributed by atoms with van der Waals surface area (Å²) in [5.74, 6) is 0.474. The molecule has 0 spiro atoms. The van der Waals surface area contributed by atoms with Crippen LogP contribution in [0.5, 0.6) is 11.5 Å². The first-order valence-corrected chi connectivity index (χ1v) is 8.11. The van der Waals surface area contributed by atoms with Crippen molar-refractivity contribution in [3.63, 3.8) is 0 Å². The Hall–Kier alpha value is -3.61. The summed E-state index contributed by atoms with van der Waals surface area (Å²) in [6.07, 6.45) is 1.56. The number of benzene rings is 2. The minimum absolute atomic E-state index is 0.0375. The van der Waals surface area contributed by atoms with E-state index in [9.17, 15) is 9.18 Å². The molecule has 0 saturated carbocycles. The van der Waals surface area contributed by atoms with Crippen LogP contribution in [0.4, 0.5) is 21.6 Å². The zero-order chi connectivity index (χ0) is 19.2. The van der Waals surface area contributed by atoms with E-state index in [0.717, 1.165) is 5.69 Å². The Bertz CT molecular complexity index is 945. The van der Waals surface area contributed by atoms with Crippen LogP contribution in [-0.2, 0) is 0 Å². The second-order valence-electron chi connectivity index (χ2n) is 5.56. The highest BCUT2D eigenvalue weighted by molar-refractivity contribution is 6.03. The minimum Gasteiger partial charge on any atom is -0.497 e. The number of halogens is 1. The van der Waals surface area contributed by atoms with Gasteiger partial charge in [0.05, 0.1) is 37.4 Å². The summed E-state index contributed by atoms with van der Waals surface area (Å²) in [5, 5.41) is 5.75. The first-order valence-electron chi connectivity index (χ1n) is 8.11. The molecule has 0 unspecified atom stereocenters. The fourth-order valence-corrected chi connectivity index (χ4v) is 2.43. The quantitative estimate of drug-likeness (QED) is 0.682. The van der Waals surface area contributed by atoms with Gasteiger partial charge in [-0.05, 0) is 36.4 Å². The van der Waals surface area contributed by atoms with Crippen LogP contribution < -0.4 is 20.1 Å². The molecular weight excluding hydrogens is 349 g/mol. The standard InChI is InChI=1S/C20H18FN3O3/c1-26-14-8-9-17(18(11-14)27-2)23-13-7-10-19(22-12-13)24-20(25)15-5-3-4-6-16(15)21/h3-12,23H,1-2H3,(H,22,24,25). The molecule has 7 heteroatoms. The third-order valence-electron chi connectivity index (χ3n) is 3.81. The molecule has 0 saturated heterocycles. The number of nitrogens with zero attached hydrogens (tertiary/aromatic N) is 1. The Morgan fingerprint density at radius 3 is 2.52 bits per heavy atom. The van der Waals surface area contributed by atoms with Gasteiger partial charge in [-0.15, -0.1) is 0 Å². The average molecular weight is 367 g/mol. The highest BCUT2D eigenvalue weighted by atomic mass is 19.1. The van der Waals surface area contributed by atoms with Gasteiger partial charge in [0.25, 0.3) is 5.91 Å². The maximum atomic E-state index is 13.7. The molecule has 0 bridgehead atoms. The number of nitrogens with one attached hydrogen (secondary N) is 2. The van der Waals surface area contributed by atoms with Crippen LogP contribution in [0, 0.1) is 5.82 Å². The van der Waals surface area contributed by atoms with Crippen molar-refractivity contribution in [3.05, 3.63) is 72.2 Å². The van der Waals surface area contributed by atoms with Crippen LogP contribution in [0.25, 0.3) is 0 Å². The first-order chi connectivity index (χ1) is 13.1. The molecule has 0 aliphatic rings. The fraction of sp³-hybridized carbons (Fsp3) is 0.100. The van der Waals surface area contributed by atoms with E-state index < -0.39 is 11.7 Å². The number of aromatic nitrogens is 1. The molecule has 0 radical (unpaired) electrons. The number of hydrogen-bond donors (Lipinski definition) is 2. The van der Waals surface area contributed by atoms with Crippen LogP contribution in [-0.4, -0.2) is 25.1 Å². The minimum atomic E-state index is -0.583. The average Bonchev–Trinajstić information content (AvgIpc) is 2.70. The van der Waals surface area contributed by atoms with E-state index in [-0.39, 0.29) is 5.56 Å². The van der Waals surface area contributed by atoms with E-state index in [4.69, 9.17) is 9.47 Å². The normalized spacial score (nSPS) is 10.2. The topological polar surface area (TPSA) is 72.5 Å². The predicted molar refractivity (Wildman–Crippen MR) is 101 cm³/mol. The Kier molecular flexibility index (Phi) is 5.51. The first kappa shape index (κ1) is 18.2. The summed E-state index contributed by atoms with van der Waals surface area (Å²) in [6.45, 7) is 0. The fourth-order valence-electron chi connectivity index (χ4n) is 2.43. The number of amides is 1. The molecular formula is C20H18FN3O3.